The highest BCUT2D eigenvalue weighted by Gasteiger charge is 2.36. The lowest BCUT2D eigenvalue weighted by Gasteiger charge is -2.13. The lowest BCUT2D eigenvalue weighted by molar-refractivity contribution is 0.165. The van der Waals surface area contributed by atoms with Crippen molar-refractivity contribution < 1.29 is 13.5 Å². The molecule has 2 aliphatic rings. The maximum atomic E-state index is 11.1. The second-order valence-electron chi connectivity index (χ2n) is 4.10. The highest BCUT2D eigenvalue weighted by molar-refractivity contribution is 7.91. The summed E-state index contributed by atoms with van der Waals surface area (Å²) >= 11 is 0. The van der Waals surface area contributed by atoms with E-state index in [1.165, 1.54) is 12.8 Å². The largest absolute Gasteiger partial charge is 0.390 e. The quantitative estimate of drug-likeness (QED) is 0.704. The van der Waals surface area contributed by atoms with Crippen LogP contribution in [-0.4, -0.2) is 43.7 Å². The maximum absolute atomic E-state index is 11.1. The first kappa shape index (κ1) is 12.2. The fraction of sp³-hybridized carbons (Fsp3) is 1.00. The van der Waals surface area contributed by atoms with Crippen LogP contribution in [0.1, 0.15) is 12.8 Å². The Kier molecular flexibility index (Phi) is 3.80. The minimum Gasteiger partial charge on any atom is -0.390 e. The zero-order valence-corrected chi connectivity index (χ0v) is 9.48. The molecule has 0 aromatic rings. The van der Waals surface area contributed by atoms with Crippen molar-refractivity contribution in [1.82, 2.24) is 5.32 Å². The summed E-state index contributed by atoms with van der Waals surface area (Å²) in [4.78, 5) is 0. The molecule has 2 atom stereocenters. The van der Waals surface area contributed by atoms with E-state index in [4.69, 9.17) is 0 Å². The van der Waals surface area contributed by atoms with Crippen LogP contribution in [0.4, 0.5) is 0 Å². The van der Waals surface area contributed by atoms with Crippen LogP contribution in [0.3, 0.4) is 0 Å². The smallest absolute Gasteiger partial charge is 0.154 e. The van der Waals surface area contributed by atoms with Crippen LogP contribution in [0.5, 0.6) is 0 Å². The molecule has 1 aliphatic carbocycles. The Labute approximate surface area is 90.4 Å². The summed E-state index contributed by atoms with van der Waals surface area (Å²) in [6, 6.07) is -0.231. The molecule has 2 rings (SSSR count). The molecule has 0 bridgehead atoms. The third kappa shape index (κ3) is 3.08. The molecular formula is C8H16ClNO3S. The second-order valence-corrected chi connectivity index (χ2v) is 6.26. The first-order chi connectivity index (χ1) is 6.07. The Bertz CT molecular complexity index is 289. The first-order valence-corrected chi connectivity index (χ1v) is 6.51. The first-order valence-electron chi connectivity index (χ1n) is 4.69. The Hall–Kier alpha value is 0.160. The van der Waals surface area contributed by atoms with E-state index in [9.17, 15) is 13.5 Å². The van der Waals surface area contributed by atoms with Crippen LogP contribution in [0.2, 0.25) is 0 Å². The summed E-state index contributed by atoms with van der Waals surface area (Å²) in [5, 5.41) is 12.5. The molecule has 1 aliphatic heterocycles. The lowest BCUT2D eigenvalue weighted by Crippen LogP contribution is -2.39. The van der Waals surface area contributed by atoms with Gasteiger partial charge in [-0.3, -0.25) is 0 Å². The molecule has 2 N–H and O–H groups in total. The summed E-state index contributed by atoms with van der Waals surface area (Å²) in [6.07, 6.45) is 1.77. The van der Waals surface area contributed by atoms with Crippen LogP contribution >= 0.6 is 12.4 Å². The van der Waals surface area contributed by atoms with Crippen molar-refractivity contribution in [3.8, 4) is 0 Å². The summed E-state index contributed by atoms with van der Waals surface area (Å²) in [5.74, 6) is 0.742. The van der Waals surface area contributed by atoms with Crippen molar-refractivity contribution in [2.75, 3.05) is 18.1 Å². The van der Waals surface area contributed by atoms with Gasteiger partial charge < -0.3 is 10.4 Å². The number of hydrogen-bond donors (Lipinski definition) is 2. The average Bonchev–Trinajstić information content (AvgIpc) is 2.75. The van der Waals surface area contributed by atoms with Crippen molar-refractivity contribution in [3.05, 3.63) is 0 Å². The molecule has 0 aromatic carbocycles. The molecule has 6 heteroatoms. The highest BCUT2D eigenvalue weighted by Crippen LogP contribution is 2.28. The molecule has 4 nitrogen and oxygen atoms in total. The number of aliphatic hydroxyl groups excluding tert-OH is 1. The van der Waals surface area contributed by atoms with E-state index in [2.05, 4.69) is 5.32 Å². The van der Waals surface area contributed by atoms with Crippen molar-refractivity contribution >= 4 is 22.2 Å². The average molecular weight is 242 g/mol. The van der Waals surface area contributed by atoms with Crippen LogP contribution < -0.4 is 5.32 Å². The van der Waals surface area contributed by atoms with Crippen molar-refractivity contribution in [1.29, 1.82) is 0 Å². The van der Waals surface area contributed by atoms with Crippen LogP contribution in [0.15, 0.2) is 0 Å². The van der Waals surface area contributed by atoms with E-state index in [-0.39, 0.29) is 30.0 Å². The monoisotopic (exact) mass is 241 g/mol. The van der Waals surface area contributed by atoms with Gasteiger partial charge in [-0.1, -0.05) is 0 Å². The number of aliphatic hydroxyl groups is 1. The molecule has 0 amide bonds. The number of rotatable bonds is 3. The molecular weight excluding hydrogens is 226 g/mol. The fourth-order valence-electron chi connectivity index (χ4n) is 1.66. The van der Waals surface area contributed by atoms with Gasteiger partial charge >= 0.3 is 0 Å². The van der Waals surface area contributed by atoms with E-state index in [1.807, 2.05) is 0 Å². The molecule has 0 aromatic heterocycles. The Morgan fingerprint density at radius 1 is 1.29 bits per heavy atom. The number of halogens is 1. The maximum Gasteiger partial charge on any atom is 0.154 e. The summed E-state index contributed by atoms with van der Waals surface area (Å²) in [5.41, 5.74) is 0. The lowest BCUT2D eigenvalue weighted by atomic mass is 10.2. The molecule has 1 heterocycles. The van der Waals surface area contributed by atoms with E-state index in [1.54, 1.807) is 0 Å². The second kappa shape index (κ2) is 4.35. The summed E-state index contributed by atoms with van der Waals surface area (Å²) < 4.78 is 22.2. The topological polar surface area (TPSA) is 66.4 Å². The SMILES string of the molecule is Cl.O=S1(=O)CC(O)[C@@H](NCC2CC2)C1. The van der Waals surface area contributed by atoms with Crippen LogP contribution in [-0.2, 0) is 9.84 Å². The zero-order valence-electron chi connectivity index (χ0n) is 7.85. The minimum atomic E-state index is -2.98. The van der Waals surface area contributed by atoms with Gasteiger partial charge in [0.2, 0.25) is 0 Å². The predicted molar refractivity (Wildman–Crippen MR) is 56.4 cm³/mol. The Morgan fingerprint density at radius 3 is 2.36 bits per heavy atom. The molecule has 1 unspecified atom stereocenters. The normalized spacial score (nSPS) is 35.2. The van der Waals surface area contributed by atoms with Gasteiger partial charge in [-0.2, -0.15) is 0 Å². The third-order valence-corrected chi connectivity index (χ3v) is 4.40. The molecule has 1 saturated carbocycles. The highest BCUT2D eigenvalue weighted by atomic mass is 35.5. The molecule has 0 spiro atoms. The van der Waals surface area contributed by atoms with Crippen molar-refractivity contribution in [3.63, 3.8) is 0 Å². The van der Waals surface area contributed by atoms with E-state index in [0.29, 0.717) is 0 Å². The van der Waals surface area contributed by atoms with Gasteiger partial charge in [-0.05, 0) is 25.3 Å². The van der Waals surface area contributed by atoms with Crippen LogP contribution in [0.25, 0.3) is 0 Å². The summed E-state index contributed by atoms with van der Waals surface area (Å²) in [7, 11) is -2.98. The van der Waals surface area contributed by atoms with Crippen LogP contribution in [0, 0.1) is 5.92 Å². The van der Waals surface area contributed by atoms with Gasteiger partial charge in [-0.15, -0.1) is 12.4 Å². The molecule has 2 fully saturated rings. The predicted octanol–water partition coefficient (Wildman–Crippen LogP) is -0.434. The Morgan fingerprint density at radius 2 is 1.93 bits per heavy atom. The van der Waals surface area contributed by atoms with E-state index < -0.39 is 15.9 Å². The number of sulfone groups is 1. The van der Waals surface area contributed by atoms with Gasteiger partial charge in [0.15, 0.2) is 9.84 Å². The fourth-order valence-corrected chi connectivity index (χ4v) is 3.44. The number of nitrogens with one attached hydrogen (secondary N) is 1. The van der Waals surface area contributed by atoms with Gasteiger partial charge in [0, 0.05) is 6.04 Å². The van der Waals surface area contributed by atoms with Gasteiger partial charge in [0.25, 0.3) is 0 Å². The molecule has 1 saturated heterocycles. The van der Waals surface area contributed by atoms with Gasteiger partial charge in [0.1, 0.15) is 0 Å². The third-order valence-electron chi connectivity index (χ3n) is 2.69. The number of hydrogen-bond acceptors (Lipinski definition) is 4. The van der Waals surface area contributed by atoms with E-state index >= 15 is 0 Å². The van der Waals surface area contributed by atoms with Gasteiger partial charge in [-0.25, -0.2) is 8.42 Å². The van der Waals surface area contributed by atoms with Crippen molar-refractivity contribution in [2.45, 2.75) is 25.0 Å². The molecule has 14 heavy (non-hydrogen) atoms. The van der Waals surface area contributed by atoms with E-state index in [0.717, 1.165) is 12.5 Å². The van der Waals surface area contributed by atoms with Crippen molar-refractivity contribution in [2.24, 2.45) is 5.92 Å². The standard InChI is InChI=1S/C8H15NO3S.ClH/c10-8-5-13(11,12)4-7(8)9-3-6-1-2-6;/h6-10H,1-5H2;1H/t7-,8?;/m0./s1. The van der Waals surface area contributed by atoms with Gasteiger partial charge in [0.05, 0.1) is 17.6 Å². The minimum absolute atomic E-state index is 0. The Balaban J connectivity index is 0.000000980. The molecule has 84 valence electrons. The summed E-state index contributed by atoms with van der Waals surface area (Å²) in [6.45, 7) is 0.858. The molecule has 0 radical (unpaired) electrons. The zero-order chi connectivity index (χ0) is 9.47.